The maximum Gasteiger partial charge on any atom is 0.573 e. The minimum atomic E-state index is -4.72. The van der Waals surface area contributed by atoms with Gasteiger partial charge in [-0.25, -0.2) is 9.78 Å². The molecular weight excluding hydrogens is 309 g/mol. The number of halogens is 3. The smallest absolute Gasteiger partial charge is 0.476 e. The molecule has 0 aliphatic heterocycles. The average Bonchev–Trinajstić information content (AvgIpc) is 2.85. The van der Waals surface area contributed by atoms with Crippen LogP contribution in [-0.4, -0.2) is 22.4 Å². The molecule has 0 bridgehead atoms. The van der Waals surface area contributed by atoms with E-state index in [1.165, 1.54) is 24.3 Å². The van der Waals surface area contributed by atoms with Crippen LogP contribution in [0.15, 0.2) is 29.6 Å². The van der Waals surface area contributed by atoms with E-state index in [1.54, 1.807) is 5.38 Å². The summed E-state index contributed by atoms with van der Waals surface area (Å²) in [7, 11) is 0. The van der Waals surface area contributed by atoms with Crippen molar-refractivity contribution in [2.45, 2.75) is 12.9 Å². The standard InChI is InChI=1S/C12H9F3N2O3S/c13-12(14,15)20-9-3-1-7(2-4-9)16-5-8-6-21-10(17-8)11(18)19/h1-4,6,16H,5H2,(H,18,19). The zero-order valence-electron chi connectivity index (χ0n) is 10.3. The average molecular weight is 318 g/mol. The van der Waals surface area contributed by atoms with E-state index in [-0.39, 0.29) is 17.3 Å². The highest BCUT2D eigenvalue weighted by atomic mass is 32.1. The number of anilines is 1. The van der Waals surface area contributed by atoms with Crippen molar-refractivity contribution in [2.75, 3.05) is 5.32 Å². The fourth-order valence-electron chi connectivity index (χ4n) is 1.45. The van der Waals surface area contributed by atoms with Gasteiger partial charge in [0, 0.05) is 11.1 Å². The summed E-state index contributed by atoms with van der Waals surface area (Å²) in [4.78, 5) is 14.5. The van der Waals surface area contributed by atoms with Crippen LogP contribution < -0.4 is 10.1 Å². The van der Waals surface area contributed by atoms with Gasteiger partial charge < -0.3 is 15.2 Å². The number of hydrogen-bond donors (Lipinski definition) is 2. The molecule has 1 heterocycles. The number of ether oxygens (including phenoxy) is 1. The lowest BCUT2D eigenvalue weighted by molar-refractivity contribution is -0.274. The Balaban J connectivity index is 1.92. The molecule has 0 unspecified atom stereocenters. The topological polar surface area (TPSA) is 71.5 Å². The third kappa shape index (κ3) is 4.63. The summed E-state index contributed by atoms with van der Waals surface area (Å²) in [6.07, 6.45) is -4.72. The van der Waals surface area contributed by atoms with Crippen molar-refractivity contribution in [3.05, 3.63) is 40.3 Å². The van der Waals surface area contributed by atoms with Gasteiger partial charge in [-0.3, -0.25) is 0 Å². The lowest BCUT2D eigenvalue weighted by Crippen LogP contribution is -2.17. The first-order chi connectivity index (χ1) is 9.83. The second-order valence-corrected chi connectivity index (χ2v) is 4.73. The van der Waals surface area contributed by atoms with Crippen molar-refractivity contribution < 1.29 is 27.8 Å². The molecule has 112 valence electrons. The zero-order valence-corrected chi connectivity index (χ0v) is 11.2. The Bertz CT molecular complexity index is 625. The molecule has 1 aromatic carbocycles. The van der Waals surface area contributed by atoms with Crippen molar-refractivity contribution in [1.29, 1.82) is 0 Å². The number of benzene rings is 1. The van der Waals surface area contributed by atoms with Gasteiger partial charge in [-0.15, -0.1) is 24.5 Å². The van der Waals surface area contributed by atoms with E-state index >= 15 is 0 Å². The summed E-state index contributed by atoms with van der Waals surface area (Å²) in [6.45, 7) is 0.267. The highest BCUT2D eigenvalue weighted by molar-refractivity contribution is 7.11. The summed E-state index contributed by atoms with van der Waals surface area (Å²) in [5, 5.41) is 13.2. The van der Waals surface area contributed by atoms with E-state index in [9.17, 15) is 18.0 Å². The molecule has 0 spiro atoms. The molecule has 5 nitrogen and oxygen atoms in total. The van der Waals surface area contributed by atoms with Gasteiger partial charge in [0.05, 0.1) is 12.2 Å². The van der Waals surface area contributed by atoms with Crippen LogP contribution in [0.25, 0.3) is 0 Å². The molecule has 0 saturated heterocycles. The molecule has 1 aromatic heterocycles. The van der Waals surface area contributed by atoms with Gasteiger partial charge in [-0.1, -0.05) is 0 Å². The van der Waals surface area contributed by atoms with E-state index in [2.05, 4.69) is 15.0 Å². The van der Waals surface area contributed by atoms with Gasteiger partial charge in [0.15, 0.2) is 0 Å². The number of nitrogens with zero attached hydrogens (tertiary/aromatic N) is 1. The Morgan fingerprint density at radius 3 is 2.52 bits per heavy atom. The monoisotopic (exact) mass is 318 g/mol. The molecule has 21 heavy (non-hydrogen) atoms. The summed E-state index contributed by atoms with van der Waals surface area (Å²) in [6, 6.07) is 5.20. The number of hydrogen-bond acceptors (Lipinski definition) is 5. The van der Waals surface area contributed by atoms with E-state index < -0.39 is 12.3 Å². The number of aromatic nitrogens is 1. The van der Waals surface area contributed by atoms with E-state index in [0.717, 1.165) is 11.3 Å². The van der Waals surface area contributed by atoms with Gasteiger partial charge in [0.2, 0.25) is 5.01 Å². The number of carbonyl (C=O) groups is 1. The van der Waals surface area contributed by atoms with E-state index in [0.29, 0.717) is 11.4 Å². The molecule has 0 radical (unpaired) electrons. The third-order valence-corrected chi connectivity index (χ3v) is 3.18. The molecule has 2 aromatic rings. The summed E-state index contributed by atoms with van der Waals surface area (Å²) in [5.74, 6) is -1.41. The van der Waals surface area contributed by atoms with Crippen LogP contribution in [0.1, 0.15) is 15.5 Å². The Hall–Kier alpha value is -2.29. The molecule has 2 N–H and O–H groups in total. The first kappa shape index (κ1) is 15.1. The molecule has 0 fully saturated rings. The molecule has 9 heteroatoms. The minimum Gasteiger partial charge on any atom is -0.476 e. The summed E-state index contributed by atoms with van der Waals surface area (Å²) >= 11 is 1.01. The van der Waals surface area contributed by atoms with Crippen molar-refractivity contribution in [3.8, 4) is 5.75 Å². The zero-order chi connectivity index (χ0) is 15.5. The molecule has 0 saturated carbocycles. The predicted octanol–water partition coefficient (Wildman–Crippen LogP) is 3.35. The molecule has 0 aliphatic carbocycles. The van der Waals surface area contributed by atoms with Crippen molar-refractivity contribution in [2.24, 2.45) is 0 Å². The van der Waals surface area contributed by atoms with E-state index in [1.807, 2.05) is 0 Å². The normalized spacial score (nSPS) is 11.2. The quantitative estimate of drug-likeness (QED) is 0.884. The number of carboxylic acid groups (broad SMARTS) is 1. The predicted molar refractivity (Wildman–Crippen MR) is 69.5 cm³/mol. The Kier molecular flexibility index (Phi) is 4.32. The van der Waals surface area contributed by atoms with Crippen LogP contribution in [0.2, 0.25) is 0 Å². The van der Waals surface area contributed by atoms with Crippen molar-refractivity contribution >= 4 is 23.0 Å². The van der Waals surface area contributed by atoms with Gasteiger partial charge in [0.25, 0.3) is 0 Å². The Morgan fingerprint density at radius 2 is 2.00 bits per heavy atom. The highest BCUT2D eigenvalue weighted by Gasteiger charge is 2.30. The Labute approximate surface area is 121 Å². The number of carboxylic acids is 1. The number of aromatic carboxylic acids is 1. The molecule has 0 atom stereocenters. The summed E-state index contributed by atoms with van der Waals surface area (Å²) < 4.78 is 39.7. The first-order valence-corrected chi connectivity index (χ1v) is 6.49. The second-order valence-electron chi connectivity index (χ2n) is 3.87. The van der Waals surface area contributed by atoms with Crippen LogP contribution in [0.3, 0.4) is 0 Å². The highest BCUT2D eigenvalue weighted by Crippen LogP contribution is 2.24. The maximum absolute atomic E-state index is 12.0. The van der Waals surface area contributed by atoms with Gasteiger partial charge >= 0.3 is 12.3 Å². The van der Waals surface area contributed by atoms with Gasteiger partial charge in [-0.05, 0) is 24.3 Å². The second kappa shape index (κ2) is 6.00. The fourth-order valence-corrected chi connectivity index (χ4v) is 2.11. The van der Waals surface area contributed by atoms with Crippen LogP contribution in [0.5, 0.6) is 5.75 Å². The maximum atomic E-state index is 12.0. The lowest BCUT2D eigenvalue weighted by atomic mass is 10.3. The number of rotatable bonds is 5. The Morgan fingerprint density at radius 1 is 1.33 bits per heavy atom. The molecule has 2 rings (SSSR count). The fraction of sp³-hybridized carbons (Fsp3) is 0.167. The molecular formula is C12H9F3N2O3S. The number of thiazole rings is 1. The molecule has 0 aliphatic rings. The van der Waals surface area contributed by atoms with Crippen molar-refractivity contribution in [1.82, 2.24) is 4.98 Å². The first-order valence-electron chi connectivity index (χ1n) is 5.61. The molecule has 0 amide bonds. The van der Waals surface area contributed by atoms with Crippen LogP contribution in [-0.2, 0) is 6.54 Å². The van der Waals surface area contributed by atoms with Crippen LogP contribution >= 0.6 is 11.3 Å². The number of nitrogens with one attached hydrogen (secondary N) is 1. The van der Waals surface area contributed by atoms with Crippen LogP contribution in [0.4, 0.5) is 18.9 Å². The SMILES string of the molecule is O=C(O)c1nc(CNc2ccc(OC(F)(F)F)cc2)cs1. The van der Waals surface area contributed by atoms with Crippen LogP contribution in [0, 0.1) is 0 Å². The van der Waals surface area contributed by atoms with Crippen molar-refractivity contribution in [3.63, 3.8) is 0 Å². The van der Waals surface area contributed by atoms with Gasteiger partial charge in [0.1, 0.15) is 5.75 Å². The third-order valence-electron chi connectivity index (χ3n) is 2.30. The van der Waals surface area contributed by atoms with E-state index in [4.69, 9.17) is 5.11 Å². The number of alkyl halides is 3. The van der Waals surface area contributed by atoms with Gasteiger partial charge in [-0.2, -0.15) is 0 Å². The minimum absolute atomic E-state index is 0.0132. The largest absolute Gasteiger partial charge is 0.573 e. The lowest BCUT2D eigenvalue weighted by Gasteiger charge is -2.09. The summed E-state index contributed by atoms with van der Waals surface area (Å²) in [5.41, 5.74) is 1.10.